The normalized spacial score (nSPS) is 11.8. The Kier molecular flexibility index (Phi) is 5.48. The van der Waals surface area contributed by atoms with Crippen molar-refractivity contribution in [2.45, 2.75) is 19.6 Å². The zero-order valence-corrected chi connectivity index (χ0v) is 14.2. The molecule has 7 heteroatoms. The molecule has 0 aliphatic rings. The third-order valence-electron chi connectivity index (χ3n) is 3.55. The van der Waals surface area contributed by atoms with Gasteiger partial charge in [-0.25, -0.2) is 0 Å². The number of aromatic nitrogens is 4. The van der Waals surface area contributed by atoms with Crippen LogP contribution in [0.3, 0.4) is 0 Å². The molecule has 0 aliphatic carbocycles. The maximum Gasteiger partial charge on any atom is 0.232 e. The van der Waals surface area contributed by atoms with Gasteiger partial charge in [0, 0.05) is 30.8 Å². The number of methoxy groups -OCH3 is 1. The van der Waals surface area contributed by atoms with Crippen molar-refractivity contribution in [2.24, 2.45) is 0 Å². The van der Waals surface area contributed by atoms with E-state index in [0.717, 1.165) is 17.7 Å². The van der Waals surface area contributed by atoms with Gasteiger partial charge in [0.15, 0.2) is 5.82 Å². The highest BCUT2D eigenvalue weighted by molar-refractivity contribution is 5.60. The second-order valence-corrected chi connectivity index (χ2v) is 5.31. The SMILES string of the molecule is CCC(Nc1nc(Nc2ccncc2)nc(-c2ccccc2)n1)OC. The van der Waals surface area contributed by atoms with Crippen molar-refractivity contribution in [1.82, 2.24) is 19.9 Å². The summed E-state index contributed by atoms with van der Waals surface area (Å²) in [5.41, 5.74) is 1.76. The molecule has 0 radical (unpaired) electrons. The van der Waals surface area contributed by atoms with Crippen LogP contribution in [0.5, 0.6) is 0 Å². The summed E-state index contributed by atoms with van der Waals surface area (Å²) in [6.07, 6.45) is 4.04. The summed E-state index contributed by atoms with van der Waals surface area (Å²) in [7, 11) is 1.65. The molecular formula is C18H20N6O. The van der Waals surface area contributed by atoms with Crippen LogP contribution in [0.15, 0.2) is 54.9 Å². The minimum atomic E-state index is -0.167. The summed E-state index contributed by atoms with van der Waals surface area (Å²) >= 11 is 0. The monoisotopic (exact) mass is 336 g/mol. The molecule has 1 unspecified atom stereocenters. The van der Waals surface area contributed by atoms with Gasteiger partial charge >= 0.3 is 0 Å². The van der Waals surface area contributed by atoms with E-state index in [0.29, 0.717) is 17.7 Å². The fourth-order valence-corrected chi connectivity index (χ4v) is 2.25. The third kappa shape index (κ3) is 4.48. The van der Waals surface area contributed by atoms with Crippen molar-refractivity contribution in [2.75, 3.05) is 17.7 Å². The molecule has 0 amide bonds. The van der Waals surface area contributed by atoms with E-state index < -0.39 is 0 Å². The van der Waals surface area contributed by atoms with Crippen molar-refractivity contribution >= 4 is 17.6 Å². The van der Waals surface area contributed by atoms with Gasteiger partial charge in [0.2, 0.25) is 11.9 Å². The minimum absolute atomic E-state index is 0.167. The average molecular weight is 336 g/mol. The summed E-state index contributed by atoms with van der Waals surface area (Å²) in [5, 5.41) is 6.36. The molecule has 0 saturated heterocycles. The molecule has 1 aromatic carbocycles. The van der Waals surface area contributed by atoms with E-state index in [2.05, 4.69) is 30.6 Å². The van der Waals surface area contributed by atoms with Crippen molar-refractivity contribution in [3.63, 3.8) is 0 Å². The van der Waals surface area contributed by atoms with Gasteiger partial charge in [-0.05, 0) is 18.6 Å². The molecule has 0 spiro atoms. The Morgan fingerprint density at radius 2 is 1.68 bits per heavy atom. The predicted octanol–water partition coefficient (Wildman–Crippen LogP) is 3.47. The van der Waals surface area contributed by atoms with Crippen LogP contribution in [0.4, 0.5) is 17.6 Å². The van der Waals surface area contributed by atoms with Crippen molar-refractivity contribution in [3.8, 4) is 11.4 Å². The van der Waals surface area contributed by atoms with Crippen molar-refractivity contribution in [1.29, 1.82) is 0 Å². The molecule has 0 aliphatic heterocycles. The number of hydrogen-bond donors (Lipinski definition) is 2. The van der Waals surface area contributed by atoms with E-state index in [1.165, 1.54) is 0 Å². The Labute approximate surface area is 146 Å². The molecule has 128 valence electrons. The van der Waals surface area contributed by atoms with Crippen LogP contribution >= 0.6 is 0 Å². The molecule has 25 heavy (non-hydrogen) atoms. The van der Waals surface area contributed by atoms with Crippen LogP contribution in [0.25, 0.3) is 11.4 Å². The highest BCUT2D eigenvalue weighted by atomic mass is 16.5. The lowest BCUT2D eigenvalue weighted by molar-refractivity contribution is 0.122. The Hall–Kier alpha value is -3.06. The van der Waals surface area contributed by atoms with Gasteiger partial charge < -0.3 is 15.4 Å². The standard InChI is InChI=1S/C18H20N6O/c1-3-15(25-2)21-18-23-16(13-7-5-4-6-8-13)22-17(24-18)20-14-9-11-19-12-10-14/h4-12,15H,3H2,1-2H3,(H2,19,20,21,22,23,24). The van der Waals surface area contributed by atoms with Crippen LogP contribution < -0.4 is 10.6 Å². The zero-order chi connectivity index (χ0) is 17.5. The van der Waals surface area contributed by atoms with Gasteiger partial charge in [0.05, 0.1) is 0 Å². The number of anilines is 3. The number of ether oxygens (including phenoxy) is 1. The fourth-order valence-electron chi connectivity index (χ4n) is 2.25. The highest BCUT2D eigenvalue weighted by Gasteiger charge is 2.12. The third-order valence-corrected chi connectivity index (χ3v) is 3.55. The van der Waals surface area contributed by atoms with Gasteiger partial charge in [-0.2, -0.15) is 15.0 Å². The highest BCUT2D eigenvalue weighted by Crippen LogP contribution is 2.20. The zero-order valence-electron chi connectivity index (χ0n) is 14.2. The molecule has 0 saturated carbocycles. The van der Waals surface area contributed by atoms with Crippen LogP contribution in [0.2, 0.25) is 0 Å². The topological polar surface area (TPSA) is 84.9 Å². The predicted molar refractivity (Wildman–Crippen MR) is 97.5 cm³/mol. The number of pyridine rings is 1. The van der Waals surface area contributed by atoms with E-state index in [4.69, 9.17) is 4.74 Å². The number of rotatable bonds is 7. The fraction of sp³-hybridized carbons (Fsp3) is 0.222. The van der Waals surface area contributed by atoms with Gasteiger partial charge in [-0.1, -0.05) is 37.3 Å². The van der Waals surface area contributed by atoms with E-state index >= 15 is 0 Å². The number of nitrogens with zero attached hydrogens (tertiary/aromatic N) is 4. The Morgan fingerprint density at radius 1 is 0.960 bits per heavy atom. The van der Waals surface area contributed by atoms with Crippen LogP contribution in [-0.2, 0) is 4.74 Å². The molecule has 2 heterocycles. The van der Waals surface area contributed by atoms with E-state index in [-0.39, 0.29) is 6.23 Å². The average Bonchev–Trinajstić information content (AvgIpc) is 2.67. The molecule has 3 aromatic rings. The smallest absolute Gasteiger partial charge is 0.232 e. The van der Waals surface area contributed by atoms with Crippen LogP contribution in [-0.4, -0.2) is 33.3 Å². The first kappa shape index (κ1) is 16.8. The Bertz CT molecular complexity index is 793. The van der Waals surface area contributed by atoms with E-state index in [1.54, 1.807) is 19.5 Å². The Morgan fingerprint density at radius 3 is 2.36 bits per heavy atom. The molecule has 0 fully saturated rings. The van der Waals surface area contributed by atoms with Crippen LogP contribution in [0, 0.1) is 0 Å². The lowest BCUT2D eigenvalue weighted by Gasteiger charge is -2.16. The molecule has 1 atom stereocenters. The molecule has 7 nitrogen and oxygen atoms in total. The molecule has 2 aromatic heterocycles. The quantitative estimate of drug-likeness (QED) is 0.639. The molecule has 2 N–H and O–H groups in total. The first-order chi connectivity index (χ1) is 12.3. The minimum Gasteiger partial charge on any atom is -0.362 e. The van der Waals surface area contributed by atoms with Gasteiger partial charge in [-0.15, -0.1) is 0 Å². The number of benzene rings is 1. The number of hydrogen-bond acceptors (Lipinski definition) is 7. The summed E-state index contributed by atoms with van der Waals surface area (Å²) in [6, 6.07) is 13.5. The maximum atomic E-state index is 5.37. The first-order valence-corrected chi connectivity index (χ1v) is 8.06. The summed E-state index contributed by atoms with van der Waals surface area (Å²) < 4.78 is 5.37. The summed E-state index contributed by atoms with van der Waals surface area (Å²) in [5.74, 6) is 1.49. The second-order valence-electron chi connectivity index (χ2n) is 5.31. The van der Waals surface area contributed by atoms with Gasteiger partial charge in [-0.3, -0.25) is 4.98 Å². The molecule has 0 bridgehead atoms. The Balaban J connectivity index is 1.95. The molecule has 3 rings (SSSR count). The van der Waals surface area contributed by atoms with Crippen molar-refractivity contribution < 1.29 is 4.74 Å². The van der Waals surface area contributed by atoms with Crippen molar-refractivity contribution in [3.05, 3.63) is 54.9 Å². The number of nitrogens with one attached hydrogen (secondary N) is 2. The maximum absolute atomic E-state index is 5.37. The molecular weight excluding hydrogens is 316 g/mol. The lowest BCUT2D eigenvalue weighted by atomic mass is 10.2. The second kappa shape index (κ2) is 8.16. The van der Waals surface area contributed by atoms with Crippen LogP contribution in [0.1, 0.15) is 13.3 Å². The van der Waals surface area contributed by atoms with Gasteiger partial charge in [0.1, 0.15) is 6.23 Å². The van der Waals surface area contributed by atoms with E-state index in [1.807, 2.05) is 49.4 Å². The lowest BCUT2D eigenvalue weighted by Crippen LogP contribution is -2.22. The summed E-state index contributed by atoms with van der Waals surface area (Å²) in [4.78, 5) is 17.5. The first-order valence-electron chi connectivity index (χ1n) is 8.06. The summed E-state index contributed by atoms with van der Waals surface area (Å²) in [6.45, 7) is 2.02. The largest absolute Gasteiger partial charge is 0.362 e. The van der Waals surface area contributed by atoms with Gasteiger partial charge in [0.25, 0.3) is 0 Å². The van der Waals surface area contributed by atoms with E-state index in [9.17, 15) is 0 Å².